The normalized spacial score (nSPS) is 11.2. The Morgan fingerprint density at radius 1 is 1.40 bits per heavy atom. The van der Waals surface area contributed by atoms with Crippen molar-refractivity contribution in [2.24, 2.45) is 5.73 Å². The molecule has 0 saturated heterocycles. The van der Waals surface area contributed by atoms with Crippen molar-refractivity contribution >= 4 is 18.5 Å². The van der Waals surface area contributed by atoms with Gasteiger partial charge in [0.05, 0.1) is 5.41 Å². The third kappa shape index (κ3) is 2.37. The average Bonchev–Trinajstić information content (AvgIpc) is 2.17. The van der Waals surface area contributed by atoms with E-state index >= 15 is 0 Å². The van der Waals surface area contributed by atoms with Gasteiger partial charge in [-0.15, -0.1) is 0 Å². The summed E-state index contributed by atoms with van der Waals surface area (Å²) in [5.74, 6) is -0.452. The number of carbonyl (C=O) groups is 1. The molecule has 5 heteroatoms. The van der Waals surface area contributed by atoms with Crippen LogP contribution in [0.5, 0.6) is 0 Å². The van der Waals surface area contributed by atoms with Crippen LogP contribution in [0.15, 0.2) is 24.3 Å². The third-order valence-electron chi connectivity index (χ3n) is 2.52. The van der Waals surface area contributed by atoms with E-state index < -0.39 is 18.4 Å². The van der Waals surface area contributed by atoms with Gasteiger partial charge in [0, 0.05) is 0 Å². The first-order valence-electron chi connectivity index (χ1n) is 4.62. The lowest BCUT2D eigenvalue weighted by Crippen LogP contribution is -2.37. The minimum absolute atomic E-state index is 0.349. The molecule has 0 bridgehead atoms. The molecule has 0 atom stereocenters. The molecule has 4 N–H and O–H groups in total. The van der Waals surface area contributed by atoms with Crippen LogP contribution in [-0.4, -0.2) is 23.1 Å². The van der Waals surface area contributed by atoms with Crippen LogP contribution in [0.25, 0.3) is 0 Å². The van der Waals surface area contributed by atoms with Gasteiger partial charge in [0.2, 0.25) is 5.91 Å². The van der Waals surface area contributed by atoms with Gasteiger partial charge in [0.15, 0.2) is 0 Å². The lowest BCUT2D eigenvalue weighted by atomic mass is 9.75. The Hall–Kier alpha value is -1.33. The second-order valence-electron chi connectivity index (χ2n) is 3.99. The molecule has 0 heterocycles. The van der Waals surface area contributed by atoms with E-state index in [1.807, 2.05) is 0 Å². The molecule has 0 saturated carbocycles. The maximum atomic E-state index is 11.2. The number of benzene rings is 1. The Bertz CT molecular complexity index is 377. The minimum Gasteiger partial charge on any atom is -0.423 e. The van der Waals surface area contributed by atoms with Gasteiger partial charge >= 0.3 is 7.12 Å². The van der Waals surface area contributed by atoms with Crippen molar-refractivity contribution in [1.29, 1.82) is 0 Å². The van der Waals surface area contributed by atoms with Crippen molar-refractivity contribution < 1.29 is 14.8 Å². The summed E-state index contributed by atoms with van der Waals surface area (Å²) >= 11 is 0. The molecule has 80 valence electrons. The highest BCUT2D eigenvalue weighted by Gasteiger charge is 2.28. The molecule has 0 aliphatic heterocycles. The zero-order valence-electron chi connectivity index (χ0n) is 8.77. The van der Waals surface area contributed by atoms with Crippen LogP contribution in [0, 0.1) is 0 Å². The topological polar surface area (TPSA) is 83.6 Å². The van der Waals surface area contributed by atoms with Crippen LogP contribution in [0.1, 0.15) is 19.4 Å². The van der Waals surface area contributed by atoms with Gasteiger partial charge in [-0.1, -0.05) is 24.3 Å². The molecule has 1 rings (SSSR count). The highest BCUT2D eigenvalue weighted by Crippen LogP contribution is 2.21. The molecule has 1 aromatic rings. The van der Waals surface area contributed by atoms with Crippen molar-refractivity contribution in [3.8, 4) is 0 Å². The molecule has 1 amide bonds. The third-order valence-corrected chi connectivity index (χ3v) is 2.52. The first-order valence-corrected chi connectivity index (χ1v) is 4.62. The Balaban J connectivity index is 3.16. The molecular weight excluding hydrogens is 193 g/mol. The maximum absolute atomic E-state index is 11.2. The SMILES string of the molecule is CC(C)(C(N)=O)c1cccc(B(O)O)c1. The van der Waals surface area contributed by atoms with Crippen LogP contribution < -0.4 is 11.2 Å². The molecular formula is C10H14BNO3. The predicted molar refractivity (Wildman–Crippen MR) is 58.5 cm³/mol. The molecule has 4 nitrogen and oxygen atoms in total. The standard InChI is InChI=1S/C10H14BNO3/c1-10(2,9(12)13)7-4-3-5-8(6-7)11(14)15/h3-6,14-15H,1-2H3,(H2,12,13). The van der Waals surface area contributed by atoms with Crippen molar-refractivity contribution in [3.05, 3.63) is 29.8 Å². The quantitative estimate of drug-likeness (QED) is 0.563. The number of nitrogens with two attached hydrogens (primary N) is 1. The van der Waals surface area contributed by atoms with E-state index in [-0.39, 0.29) is 0 Å². The highest BCUT2D eigenvalue weighted by atomic mass is 16.4. The molecule has 0 spiro atoms. The van der Waals surface area contributed by atoms with Crippen LogP contribution >= 0.6 is 0 Å². The summed E-state index contributed by atoms with van der Waals surface area (Å²) in [6.07, 6.45) is 0. The summed E-state index contributed by atoms with van der Waals surface area (Å²) in [4.78, 5) is 11.2. The molecule has 0 aliphatic rings. The molecule has 15 heavy (non-hydrogen) atoms. The lowest BCUT2D eigenvalue weighted by molar-refractivity contribution is -0.122. The number of amides is 1. The summed E-state index contributed by atoms with van der Waals surface area (Å²) in [5.41, 5.74) is 5.47. The predicted octanol–water partition coefficient (Wildman–Crippen LogP) is -0.871. The first-order chi connectivity index (χ1) is 6.85. The number of hydrogen-bond donors (Lipinski definition) is 3. The maximum Gasteiger partial charge on any atom is 0.488 e. The Morgan fingerprint density at radius 2 is 2.00 bits per heavy atom. The first kappa shape index (κ1) is 11.7. The average molecular weight is 207 g/mol. The molecule has 0 aliphatic carbocycles. The van der Waals surface area contributed by atoms with Crippen molar-refractivity contribution in [2.45, 2.75) is 19.3 Å². The van der Waals surface area contributed by atoms with Gasteiger partial charge in [0.1, 0.15) is 0 Å². The Labute approximate surface area is 88.9 Å². The van der Waals surface area contributed by atoms with E-state index in [4.69, 9.17) is 15.8 Å². The van der Waals surface area contributed by atoms with Gasteiger partial charge in [-0.25, -0.2) is 0 Å². The fraction of sp³-hybridized carbons (Fsp3) is 0.300. The van der Waals surface area contributed by atoms with Crippen molar-refractivity contribution in [3.63, 3.8) is 0 Å². The largest absolute Gasteiger partial charge is 0.488 e. The monoisotopic (exact) mass is 207 g/mol. The minimum atomic E-state index is -1.53. The van der Waals surface area contributed by atoms with E-state index in [9.17, 15) is 4.79 Å². The van der Waals surface area contributed by atoms with Crippen molar-refractivity contribution in [1.82, 2.24) is 0 Å². The Morgan fingerprint density at radius 3 is 2.47 bits per heavy atom. The highest BCUT2D eigenvalue weighted by molar-refractivity contribution is 6.58. The number of rotatable bonds is 3. The van der Waals surface area contributed by atoms with Crippen molar-refractivity contribution in [2.75, 3.05) is 0 Å². The Kier molecular flexibility index (Phi) is 3.17. The summed E-state index contributed by atoms with van der Waals surface area (Å²) in [6, 6.07) is 6.53. The lowest BCUT2D eigenvalue weighted by Gasteiger charge is -2.21. The molecule has 1 aromatic carbocycles. The molecule has 0 unspecified atom stereocenters. The second kappa shape index (κ2) is 4.04. The van der Waals surface area contributed by atoms with Gasteiger partial charge in [0.25, 0.3) is 0 Å². The summed E-state index contributed by atoms with van der Waals surface area (Å²) in [6.45, 7) is 3.39. The van der Waals surface area contributed by atoms with E-state index in [2.05, 4.69) is 0 Å². The zero-order chi connectivity index (χ0) is 11.6. The number of hydrogen-bond acceptors (Lipinski definition) is 3. The smallest absolute Gasteiger partial charge is 0.423 e. The van der Waals surface area contributed by atoms with Gasteiger partial charge in [-0.3, -0.25) is 4.79 Å². The van der Waals surface area contributed by atoms with Crippen LogP contribution in [0.2, 0.25) is 0 Å². The summed E-state index contributed by atoms with van der Waals surface area (Å²) in [7, 11) is -1.53. The second-order valence-corrected chi connectivity index (χ2v) is 3.99. The molecule has 0 aromatic heterocycles. The van der Waals surface area contributed by atoms with Crippen LogP contribution in [-0.2, 0) is 10.2 Å². The van der Waals surface area contributed by atoms with Crippen LogP contribution in [0.4, 0.5) is 0 Å². The fourth-order valence-corrected chi connectivity index (χ4v) is 1.23. The summed E-state index contributed by atoms with van der Waals surface area (Å²) in [5, 5.41) is 18.0. The molecule has 0 fully saturated rings. The molecule has 0 radical (unpaired) electrons. The number of primary amides is 1. The van der Waals surface area contributed by atoms with E-state index in [1.54, 1.807) is 38.1 Å². The van der Waals surface area contributed by atoms with E-state index in [0.29, 0.717) is 11.0 Å². The van der Waals surface area contributed by atoms with Gasteiger partial charge in [-0.2, -0.15) is 0 Å². The van der Waals surface area contributed by atoms with Gasteiger partial charge < -0.3 is 15.8 Å². The zero-order valence-corrected chi connectivity index (χ0v) is 8.77. The van der Waals surface area contributed by atoms with Gasteiger partial charge in [-0.05, 0) is 24.9 Å². The van der Waals surface area contributed by atoms with Crippen LogP contribution in [0.3, 0.4) is 0 Å². The number of carbonyl (C=O) groups excluding carboxylic acids is 1. The fourth-order valence-electron chi connectivity index (χ4n) is 1.23. The van der Waals surface area contributed by atoms with E-state index in [0.717, 1.165) is 0 Å². The van der Waals surface area contributed by atoms with E-state index in [1.165, 1.54) is 0 Å². The summed E-state index contributed by atoms with van der Waals surface area (Å²) < 4.78 is 0.